The van der Waals surface area contributed by atoms with E-state index in [1.807, 2.05) is 0 Å². The first-order chi connectivity index (χ1) is 8.05. The predicted octanol–water partition coefficient (Wildman–Crippen LogP) is 3.17. The van der Waals surface area contributed by atoms with E-state index >= 15 is 0 Å². The molecule has 2 rings (SSSR count). The molecule has 100 valence electrons. The Labute approximate surface area is 107 Å². The van der Waals surface area contributed by atoms with Crippen LogP contribution >= 0.6 is 0 Å². The first kappa shape index (κ1) is 13.4. The Hall–Kier alpha value is -0.0800. The highest BCUT2D eigenvalue weighted by molar-refractivity contribution is 4.86. The predicted molar refractivity (Wildman–Crippen MR) is 74.4 cm³/mol. The topological polar surface area (TPSA) is 15.3 Å². The molecule has 1 N–H and O–H groups in total. The van der Waals surface area contributed by atoms with Gasteiger partial charge in [-0.3, -0.25) is 4.90 Å². The lowest BCUT2D eigenvalue weighted by Crippen LogP contribution is -2.51. The Morgan fingerprint density at radius 3 is 1.88 bits per heavy atom. The van der Waals surface area contributed by atoms with E-state index in [4.69, 9.17) is 0 Å². The lowest BCUT2D eigenvalue weighted by atomic mass is 9.92. The Morgan fingerprint density at radius 2 is 1.35 bits per heavy atom. The van der Waals surface area contributed by atoms with Crippen LogP contribution in [0.2, 0.25) is 0 Å². The van der Waals surface area contributed by atoms with E-state index in [-0.39, 0.29) is 0 Å². The zero-order valence-electron chi connectivity index (χ0n) is 12.0. The molecule has 0 radical (unpaired) electrons. The number of hydrogen-bond acceptors (Lipinski definition) is 2. The van der Waals surface area contributed by atoms with Crippen LogP contribution in [0.15, 0.2) is 0 Å². The number of likely N-dealkylation sites (tertiary alicyclic amines) is 1. The Bertz CT molecular complexity index is 218. The summed E-state index contributed by atoms with van der Waals surface area (Å²) in [6.07, 6.45) is 9.86. The van der Waals surface area contributed by atoms with E-state index in [0.29, 0.717) is 5.54 Å². The largest absolute Gasteiger partial charge is 0.311 e. The summed E-state index contributed by atoms with van der Waals surface area (Å²) in [6.45, 7) is 9.55. The fourth-order valence-corrected chi connectivity index (χ4v) is 3.32. The second-order valence-corrected chi connectivity index (χ2v) is 6.93. The number of piperidine rings is 1. The SMILES string of the molecule is CC(C)(C)N1CCC(NC2CCCCC2)CC1. The molecule has 0 atom stereocenters. The Morgan fingerprint density at radius 1 is 0.824 bits per heavy atom. The molecular formula is C15H30N2. The van der Waals surface area contributed by atoms with Crippen molar-refractivity contribution in [2.45, 2.75) is 83.3 Å². The zero-order chi connectivity index (χ0) is 12.3. The quantitative estimate of drug-likeness (QED) is 0.795. The lowest BCUT2D eigenvalue weighted by molar-refractivity contribution is 0.0922. The summed E-state index contributed by atoms with van der Waals surface area (Å²) in [5, 5.41) is 3.90. The van der Waals surface area contributed by atoms with Gasteiger partial charge in [0.05, 0.1) is 0 Å². The van der Waals surface area contributed by atoms with E-state index in [0.717, 1.165) is 12.1 Å². The maximum atomic E-state index is 3.90. The molecule has 0 aromatic carbocycles. The minimum Gasteiger partial charge on any atom is -0.311 e. The van der Waals surface area contributed by atoms with Gasteiger partial charge in [-0.05, 0) is 46.5 Å². The molecular weight excluding hydrogens is 208 g/mol. The van der Waals surface area contributed by atoms with E-state index < -0.39 is 0 Å². The molecule has 2 aliphatic rings. The molecule has 1 aliphatic carbocycles. The van der Waals surface area contributed by atoms with Crippen molar-refractivity contribution in [3.05, 3.63) is 0 Å². The normalized spacial score (nSPS) is 26.3. The van der Waals surface area contributed by atoms with Crippen molar-refractivity contribution in [1.29, 1.82) is 0 Å². The molecule has 0 spiro atoms. The number of nitrogens with one attached hydrogen (secondary N) is 1. The van der Waals surface area contributed by atoms with Crippen molar-refractivity contribution < 1.29 is 0 Å². The lowest BCUT2D eigenvalue weighted by Gasteiger charge is -2.42. The van der Waals surface area contributed by atoms with Crippen LogP contribution in [0.25, 0.3) is 0 Å². The molecule has 0 bridgehead atoms. The van der Waals surface area contributed by atoms with Crippen LogP contribution in [0, 0.1) is 0 Å². The van der Waals surface area contributed by atoms with Crippen LogP contribution < -0.4 is 5.32 Å². The highest BCUT2D eigenvalue weighted by Gasteiger charge is 2.28. The second kappa shape index (κ2) is 5.71. The van der Waals surface area contributed by atoms with Gasteiger partial charge in [0.1, 0.15) is 0 Å². The summed E-state index contributed by atoms with van der Waals surface area (Å²) in [5.74, 6) is 0. The van der Waals surface area contributed by atoms with Gasteiger partial charge in [0.2, 0.25) is 0 Å². The van der Waals surface area contributed by atoms with E-state index in [9.17, 15) is 0 Å². The summed E-state index contributed by atoms with van der Waals surface area (Å²) in [4.78, 5) is 2.63. The summed E-state index contributed by atoms with van der Waals surface area (Å²) in [6, 6.07) is 1.62. The van der Waals surface area contributed by atoms with Crippen molar-refractivity contribution in [1.82, 2.24) is 10.2 Å². The van der Waals surface area contributed by atoms with Gasteiger partial charge in [-0.25, -0.2) is 0 Å². The molecule has 0 aromatic rings. The number of rotatable bonds is 2. The number of hydrogen-bond donors (Lipinski definition) is 1. The van der Waals surface area contributed by atoms with E-state index in [2.05, 4.69) is 31.0 Å². The van der Waals surface area contributed by atoms with E-state index in [1.165, 1.54) is 58.0 Å². The molecule has 0 amide bonds. The summed E-state index contributed by atoms with van der Waals surface area (Å²) in [5.41, 5.74) is 0.357. The van der Waals surface area contributed by atoms with Gasteiger partial charge in [0.15, 0.2) is 0 Å². The standard InChI is InChI=1S/C15H30N2/c1-15(2,3)17-11-9-14(10-12-17)16-13-7-5-4-6-8-13/h13-14,16H,4-12H2,1-3H3. The fourth-order valence-electron chi connectivity index (χ4n) is 3.32. The summed E-state index contributed by atoms with van der Waals surface area (Å²) >= 11 is 0. The Balaban J connectivity index is 1.71. The average molecular weight is 238 g/mol. The Kier molecular flexibility index (Phi) is 4.48. The third kappa shape index (κ3) is 3.96. The van der Waals surface area contributed by atoms with Crippen molar-refractivity contribution in [3.8, 4) is 0 Å². The molecule has 1 saturated heterocycles. The van der Waals surface area contributed by atoms with Crippen molar-refractivity contribution in [2.75, 3.05) is 13.1 Å². The van der Waals surface area contributed by atoms with Crippen molar-refractivity contribution >= 4 is 0 Å². The smallest absolute Gasteiger partial charge is 0.0125 e. The maximum Gasteiger partial charge on any atom is 0.0125 e. The molecule has 0 aromatic heterocycles. The highest BCUT2D eigenvalue weighted by Crippen LogP contribution is 2.23. The van der Waals surface area contributed by atoms with Crippen LogP contribution in [0.4, 0.5) is 0 Å². The van der Waals surface area contributed by atoms with Gasteiger partial charge >= 0.3 is 0 Å². The highest BCUT2D eigenvalue weighted by atomic mass is 15.2. The molecule has 1 heterocycles. The van der Waals surface area contributed by atoms with Gasteiger partial charge < -0.3 is 5.32 Å². The van der Waals surface area contributed by atoms with Crippen LogP contribution in [0.1, 0.15) is 65.7 Å². The third-order valence-electron chi connectivity index (χ3n) is 4.52. The summed E-state index contributed by atoms with van der Waals surface area (Å²) in [7, 11) is 0. The van der Waals surface area contributed by atoms with Gasteiger partial charge in [-0.15, -0.1) is 0 Å². The fraction of sp³-hybridized carbons (Fsp3) is 1.00. The molecule has 2 nitrogen and oxygen atoms in total. The van der Waals surface area contributed by atoms with E-state index in [1.54, 1.807) is 0 Å². The average Bonchev–Trinajstić information content (AvgIpc) is 2.30. The minimum atomic E-state index is 0.357. The van der Waals surface area contributed by atoms with Crippen molar-refractivity contribution in [2.24, 2.45) is 0 Å². The minimum absolute atomic E-state index is 0.357. The van der Waals surface area contributed by atoms with Crippen LogP contribution in [0.5, 0.6) is 0 Å². The molecule has 1 aliphatic heterocycles. The van der Waals surface area contributed by atoms with Crippen LogP contribution in [0.3, 0.4) is 0 Å². The monoisotopic (exact) mass is 238 g/mol. The molecule has 2 heteroatoms. The molecule has 17 heavy (non-hydrogen) atoms. The molecule has 0 unspecified atom stereocenters. The molecule has 2 fully saturated rings. The van der Waals surface area contributed by atoms with Gasteiger partial charge in [-0.2, -0.15) is 0 Å². The zero-order valence-corrected chi connectivity index (χ0v) is 12.0. The summed E-state index contributed by atoms with van der Waals surface area (Å²) < 4.78 is 0. The van der Waals surface area contributed by atoms with Gasteiger partial charge in [-0.1, -0.05) is 19.3 Å². The molecule has 1 saturated carbocycles. The maximum absolute atomic E-state index is 3.90. The van der Waals surface area contributed by atoms with Gasteiger partial charge in [0, 0.05) is 30.7 Å². The third-order valence-corrected chi connectivity index (χ3v) is 4.52. The van der Waals surface area contributed by atoms with Crippen LogP contribution in [-0.4, -0.2) is 35.6 Å². The van der Waals surface area contributed by atoms with Crippen LogP contribution in [-0.2, 0) is 0 Å². The second-order valence-electron chi connectivity index (χ2n) is 6.93. The first-order valence-electron chi connectivity index (χ1n) is 7.57. The van der Waals surface area contributed by atoms with Crippen molar-refractivity contribution in [3.63, 3.8) is 0 Å². The number of nitrogens with zero attached hydrogens (tertiary/aromatic N) is 1. The first-order valence-corrected chi connectivity index (χ1v) is 7.57. The van der Waals surface area contributed by atoms with Gasteiger partial charge in [0.25, 0.3) is 0 Å².